The van der Waals surface area contributed by atoms with Crippen LogP contribution in [0.15, 0.2) is 315 Å². The fourth-order valence-corrected chi connectivity index (χ4v) is 11.5. The van der Waals surface area contributed by atoms with Gasteiger partial charge in [0.1, 0.15) is 0 Å². The SMILES string of the molecule is c1ccc(-c2cc(-c3ccccc3)cc(-c3ccc(N(c4ccc(-c5cc(-c6ccccc6)cc(-c6ccccc6)c5)cc4)c4cccc(-c5cc6ccccc6c6c5c5ccccc5n6-c5ccccc5)c4)cc3)c2)cc1. The second-order valence-electron chi connectivity index (χ2n) is 20.1. The molecule has 1 aromatic heterocycles. The van der Waals surface area contributed by atoms with Gasteiger partial charge in [-0.25, -0.2) is 0 Å². The Morgan fingerprint density at radius 3 is 1.06 bits per heavy atom. The van der Waals surface area contributed by atoms with Crippen LogP contribution in [0.25, 0.3) is 116 Å². The van der Waals surface area contributed by atoms with E-state index in [-0.39, 0.29) is 0 Å². The van der Waals surface area contributed by atoms with Crippen LogP contribution in [0.5, 0.6) is 0 Å². The molecule has 0 radical (unpaired) electrons. The zero-order valence-corrected chi connectivity index (χ0v) is 42.9. The molecule has 366 valence electrons. The van der Waals surface area contributed by atoms with Crippen LogP contribution in [-0.4, -0.2) is 4.57 Å². The van der Waals surface area contributed by atoms with Crippen molar-refractivity contribution in [3.05, 3.63) is 315 Å². The van der Waals surface area contributed by atoms with Crippen molar-refractivity contribution in [1.29, 1.82) is 0 Å². The summed E-state index contributed by atoms with van der Waals surface area (Å²) in [7, 11) is 0. The second-order valence-corrected chi connectivity index (χ2v) is 20.1. The lowest BCUT2D eigenvalue weighted by molar-refractivity contribution is 1.19. The molecule has 2 heteroatoms. The van der Waals surface area contributed by atoms with E-state index in [4.69, 9.17) is 0 Å². The van der Waals surface area contributed by atoms with Crippen LogP contribution in [0.3, 0.4) is 0 Å². The largest absolute Gasteiger partial charge is 0.310 e. The maximum Gasteiger partial charge on any atom is 0.0625 e. The molecule has 0 bridgehead atoms. The smallest absolute Gasteiger partial charge is 0.0625 e. The van der Waals surface area contributed by atoms with E-state index in [1.807, 2.05) is 0 Å². The van der Waals surface area contributed by atoms with Crippen LogP contribution in [-0.2, 0) is 0 Å². The highest BCUT2D eigenvalue weighted by Gasteiger charge is 2.21. The summed E-state index contributed by atoms with van der Waals surface area (Å²) in [4.78, 5) is 2.41. The molecule has 0 aliphatic carbocycles. The van der Waals surface area contributed by atoms with Gasteiger partial charge in [0.15, 0.2) is 0 Å². The quantitative estimate of drug-likeness (QED) is 0.125. The molecular formula is C76H52N2. The number of para-hydroxylation sites is 2. The highest BCUT2D eigenvalue weighted by atomic mass is 15.1. The van der Waals surface area contributed by atoms with Crippen LogP contribution < -0.4 is 4.90 Å². The van der Waals surface area contributed by atoms with E-state index in [0.717, 1.165) is 39.4 Å². The monoisotopic (exact) mass is 992 g/mol. The number of hydrogen-bond donors (Lipinski definition) is 0. The fourth-order valence-electron chi connectivity index (χ4n) is 11.5. The number of fused-ring (bicyclic) bond motifs is 5. The minimum absolute atomic E-state index is 1.06. The molecule has 14 aromatic rings. The Morgan fingerprint density at radius 1 is 0.231 bits per heavy atom. The summed E-state index contributed by atoms with van der Waals surface area (Å²) in [6.45, 7) is 0. The summed E-state index contributed by atoms with van der Waals surface area (Å²) in [6.07, 6.45) is 0. The standard InChI is InChI=1S/C76H52N2/c1-6-21-53(22-7-1)61-45-62(54-23-8-2-9-24-54)48-65(47-61)57-37-41-68(42-38-57)77(69-43-39-58(40-44-69)66-49-63(55-25-10-3-11-26-55)46-64(50-66)56-27-12-4-13-28-56)70-33-20-30-59(51-70)73-52-60-29-16-17-34-71(60)76-75(73)72-35-18-19-36-74(72)78(76)67-31-14-5-15-32-67/h1-52H. The van der Waals surface area contributed by atoms with Gasteiger partial charge in [-0.1, -0.05) is 218 Å². The van der Waals surface area contributed by atoms with Gasteiger partial charge >= 0.3 is 0 Å². The number of benzene rings is 13. The van der Waals surface area contributed by atoms with Crippen molar-refractivity contribution in [2.45, 2.75) is 0 Å². The van der Waals surface area contributed by atoms with Crippen LogP contribution >= 0.6 is 0 Å². The van der Waals surface area contributed by atoms with Crippen LogP contribution in [0.2, 0.25) is 0 Å². The van der Waals surface area contributed by atoms with Crippen molar-refractivity contribution in [3.63, 3.8) is 0 Å². The molecule has 0 saturated heterocycles. The summed E-state index contributed by atoms with van der Waals surface area (Å²) in [5.74, 6) is 0. The van der Waals surface area contributed by atoms with Crippen LogP contribution in [0.4, 0.5) is 17.1 Å². The predicted octanol–water partition coefficient (Wildman–Crippen LogP) is 21.1. The van der Waals surface area contributed by atoms with Crippen molar-refractivity contribution in [1.82, 2.24) is 4.57 Å². The molecule has 0 amide bonds. The number of rotatable bonds is 11. The van der Waals surface area contributed by atoms with Crippen molar-refractivity contribution < 1.29 is 0 Å². The van der Waals surface area contributed by atoms with Gasteiger partial charge in [0.2, 0.25) is 0 Å². The molecule has 0 spiro atoms. The van der Waals surface area contributed by atoms with E-state index in [9.17, 15) is 0 Å². The molecule has 0 saturated carbocycles. The lowest BCUT2D eigenvalue weighted by Gasteiger charge is -2.27. The number of anilines is 3. The fraction of sp³-hybridized carbons (Fsp3) is 0. The summed E-state index contributed by atoms with van der Waals surface area (Å²) in [5.41, 5.74) is 23.2. The van der Waals surface area contributed by atoms with Crippen molar-refractivity contribution in [3.8, 4) is 83.6 Å². The third kappa shape index (κ3) is 8.72. The minimum Gasteiger partial charge on any atom is -0.310 e. The molecule has 13 aromatic carbocycles. The Hall–Kier alpha value is -10.3. The zero-order valence-electron chi connectivity index (χ0n) is 42.9. The van der Waals surface area contributed by atoms with E-state index in [0.29, 0.717) is 0 Å². The van der Waals surface area contributed by atoms with Gasteiger partial charge in [0.25, 0.3) is 0 Å². The Morgan fingerprint density at radius 2 is 0.603 bits per heavy atom. The third-order valence-corrected chi connectivity index (χ3v) is 15.3. The molecule has 14 rings (SSSR count). The summed E-state index contributed by atoms with van der Waals surface area (Å²) >= 11 is 0. The molecule has 0 fully saturated rings. The highest BCUT2D eigenvalue weighted by molar-refractivity contribution is 6.24. The maximum absolute atomic E-state index is 2.45. The van der Waals surface area contributed by atoms with Gasteiger partial charge in [-0.2, -0.15) is 0 Å². The predicted molar refractivity (Wildman–Crippen MR) is 331 cm³/mol. The lowest BCUT2D eigenvalue weighted by Crippen LogP contribution is -2.10. The first-order valence-corrected chi connectivity index (χ1v) is 26.8. The van der Waals surface area contributed by atoms with Crippen LogP contribution in [0.1, 0.15) is 0 Å². The van der Waals surface area contributed by atoms with Gasteiger partial charge in [-0.05, 0) is 180 Å². The minimum atomic E-state index is 1.06. The molecule has 2 nitrogen and oxygen atoms in total. The molecular weight excluding hydrogens is 941 g/mol. The third-order valence-electron chi connectivity index (χ3n) is 15.3. The molecule has 0 N–H and O–H groups in total. The lowest BCUT2D eigenvalue weighted by atomic mass is 9.93. The first kappa shape index (κ1) is 46.3. The number of hydrogen-bond acceptors (Lipinski definition) is 1. The number of nitrogens with zero attached hydrogens (tertiary/aromatic N) is 2. The van der Waals surface area contributed by atoms with Crippen molar-refractivity contribution in [2.75, 3.05) is 4.90 Å². The van der Waals surface area contributed by atoms with E-state index >= 15 is 0 Å². The molecule has 1 heterocycles. The molecule has 0 unspecified atom stereocenters. The maximum atomic E-state index is 2.45. The normalized spacial score (nSPS) is 11.3. The van der Waals surface area contributed by atoms with Gasteiger partial charge in [0, 0.05) is 38.9 Å². The molecule has 0 aliphatic heterocycles. The van der Waals surface area contributed by atoms with E-state index < -0.39 is 0 Å². The topological polar surface area (TPSA) is 8.17 Å². The van der Waals surface area contributed by atoms with Gasteiger partial charge in [-0.15, -0.1) is 0 Å². The van der Waals surface area contributed by atoms with Gasteiger partial charge in [-0.3, -0.25) is 0 Å². The highest BCUT2D eigenvalue weighted by Crippen LogP contribution is 2.45. The Balaban J connectivity index is 0.928. The Labute approximate surface area is 455 Å². The zero-order chi connectivity index (χ0) is 51.8. The second kappa shape index (κ2) is 20.1. The summed E-state index contributed by atoms with van der Waals surface area (Å²) in [6, 6.07) is 115. The average Bonchev–Trinajstić information content (AvgIpc) is 3.96. The van der Waals surface area contributed by atoms with Crippen molar-refractivity contribution >= 4 is 49.6 Å². The number of aromatic nitrogens is 1. The van der Waals surface area contributed by atoms with Crippen LogP contribution in [0, 0.1) is 0 Å². The van der Waals surface area contributed by atoms with Gasteiger partial charge in [0.05, 0.1) is 11.0 Å². The molecule has 78 heavy (non-hydrogen) atoms. The summed E-state index contributed by atoms with van der Waals surface area (Å²) < 4.78 is 2.45. The molecule has 0 atom stereocenters. The van der Waals surface area contributed by atoms with E-state index in [1.165, 1.54) is 93.8 Å². The summed E-state index contributed by atoms with van der Waals surface area (Å²) in [5, 5.41) is 4.89. The van der Waals surface area contributed by atoms with Crippen molar-refractivity contribution in [2.24, 2.45) is 0 Å². The first-order chi connectivity index (χ1) is 38.7. The van der Waals surface area contributed by atoms with E-state index in [2.05, 4.69) is 325 Å². The van der Waals surface area contributed by atoms with E-state index in [1.54, 1.807) is 0 Å². The van der Waals surface area contributed by atoms with Gasteiger partial charge < -0.3 is 9.47 Å². The molecule has 0 aliphatic rings. The Kier molecular flexibility index (Phi) is 11.9. The average molecular weight is 993 g/mol. The Bertz CT molecular complexity index is 4150. The first-order valence-electron chi connectivity index (χ1n) is 26.8.